The number of anilines is 1. The van der Waals surface area contributed by atoms with Gasteiger partial charge in [0.15, 0.2) is 0 Å². The molecule has 2 saturated heterocycles. The number of piperidine rings is 1. The highest BCUT2D eigenvalue weighted by Gasteiger charge is 2.30. The van der Waals surface area contributed by atoms with E-state index in [1.165, 1.54) is 28.6 Å². The number of rotatable bonds is 5. The molecule has 0 spiro atoms. The van der Waals surface area contributed by atoms with Crippen LogP contribution in [0.2, 0.25) is 0 Å². The van der Waals surface area contributed by atoms with Gasteiger partial charge in [0.05, 0.1) is 17.1 Å². The van der Waals surface area contributed by atoms with Crippen LogP contribution in [0.15, 0.2) is 33.6 Å². The van der Waals surface area contributed by atoms with Crippen LogP contribution >= 0.6 is 0 Å². The molecular formula is C18H26N4O5S2. The van der Waals surface area contributed by atoms with Crippen LogP contribution in [0.4, 0.5) is 5.69 Å². The first-order valence-electron chi connectivity index (χ1n) is 9.47. The number of carbonyl (C=O) groups excluding carboxylic acids is 1. The fraction of sp³-hybridized carbons (Fsp3) is 0.556. The van der Waals surface area contributed by atoms with E-state index in [4.69, 9.17) is 0 Å². The van der Waals surface area contributed by atoms with Crippen LogP contribution in [0.3, 0.4) is 0 Å². The largest absolute Gasteiger partial charge is 0.362 e. The lowest BCUT2D eigenvalue weighted by atomic mass is 9.99. The Bertz CT molecular complexity index is 1000. The number of sulfonamides is 2. The van der Waals surface area contributed by atoms with E-state index in [2.05, 4.69) is 9.71 Å². The van der Waals surface area contributed by atoms with Gasteiger partial charge in [0, 0.05) is 38.8 Å². The first-order chi connectivity index (χ1) is 13.6. The van der Waals surface area contributed by atoms with Crippen molar-refractivity contribution in [3.8, 4) is 0 Å². The molecule has 1 aromatic rings. The van der Waals surface area contributed by atoms with Crippen molar-refractivity contribution in [2.24, 2.45) is 10.3 Å². The Labute approximate surface area is 171 Å². The summed E-state index contributed by atoms with van der Waals surface area (Å²) in [7, 11) is -5.32. The Morgan fingerprint density at radius 3 is 2.38 bits per heavy atom. The van der Waals surface area contributed by atoms with Gasteiger partial charge in [-0.1, -0.05) is 0 Å². The molecule has 3 rings (SSSR count). The predicted molar refractivity (Wildman–Crippen MR) is 111 cm³/mol. The number of likely N-dealkylation sites (tertiary alicyclic amines) is 1. The molecule has 0 saturated carbocycles. The molecule has 2 aliphatic rings. The number of benzene rings is 1. The molecule has 1 amide bonds. The van der Waals surface area contributed by atoms with Crippen molar-refractivity contribution in [2.45, 2.75) is 30.6 Å². The molecule has 1 aromatic carbocycles. The van der Waals surface area contributed by atoms with Crippen molar-refractivity contribution < 1.29 is 21.6 Å². The number of amides is 1. The maximum Gasteiger partial charge on any atom is 0.283 e. The van der Waals surface area contributed by atoms with Crippen molar-refractivity contribution >= 4 is 37.5 Å². The van der Waals surface area contributed by atoms with Crippen molar-refractivity contribution in [1.82, 2.24) is 9.21 Å². The first-order valence-corrected chi connectivity index (χ1v) is 12.8. The fourth-order valence-corrected chi connectivity index (χ4v) is 5.52. The molecular weight excluding hydrogens is 416 g/mol. The summed E-state index contributed by atoms with van der Waals surface area (Å²) in [4.78, 5) is 14.4. The lowest BCUT2D eigenvalue weighted by molar-refractivity contribution is -0.120. The maximum atomic E-state index is 12.5. The van der Waals surface area contributed by atoms with Crippen LogP contribution in [0.5, 0.6) is 0 Å². The van der Waals surface area contributed by atoms with Gasteiger partial charge in [-0.15, -0.1) is 4.40 Å². The van der Waals surface area contributed by atoms with Crippen molar-refractivity contribution in [3.63, 3.8) is 0 Å². The molecule has 0 aromatic heterocycles. The van der Waals surface area contributed by atoms with Gasteiger partial charge in [0.1, 0.15) is 5.84 Å². The van der Waals surface area contributed by atoms with Crippen LogP contribution in [0.1, 0.15) is 25.7 Å². The van der Waals surface area contributed by atoms with Gasteiger partial charge in [0.2, 0.25) is 15.9 Å². The number of hydrogen-bond donors (Lipinski definition) is 1. The summed E-state index contributed by atoms with van der Waals surface area (Å²) in [5.74, 6) is -0.164. The average Bonchev–Trinajstić information content (AvgIpc) is 3.05. The van der Waals surface area contributed by atoms with Gasteiger partial charge >= 0.3 is 0 Å². The summed E-state index contributed by atoms with van der Waals surface area (Å²) in [5, 5.41) is 2.74. The van der Waals surface area contributed by atoms with Gasteiger partial charge in [-0.25, -0.2) is 12.7 Å². The van der Waals surface area contributed by atoms with E-state index in [9.17, 15) is 21.6 Å². The predicted octanol–water partition coefficient (Wildman–Crippen LogP) is 1.11. The normalized spacial score (nSPS) is 22.8. The summed E-state index contributed by atoms with van der Waals surface area (Å²) in [6.45, 7) is 1.37. The highest BCUT2D eigenvalue weighted by atomic mass is 32.2. The lowest BCUT2D eigenvalue weighted by Gasteiger charge is -2.30. The summed E-state index contributed by atoms with van der Waals surface area (Å²) in [5.41, 5.74) is 0.455. The van der Waals surface area contributed by atoms with Crippen molar-refractivity contribution in [3.05, 3.63) is 24.3 Å². The summed E-state index contributed by atoms with van der Waals surface area (Å²) < 4.78 is 53.6. The third-order valence-electron chi connectivity index (χ3n) is 5.20. The Hall–Kier alpha value is -1.98. The first kappa shape index (κ1) is 21.7. The number of amidine groups is 1. The zero-order valence-corrected chi connectivity index (χ0v) is 18.2. The smallest absolute Gasteiger partial charge is 0.283 e. The van der Waals surface area contributed by atoms with Crippen LogP contribution in [0.25, 0.3) is 0 Å². The van der Waals surface area contributed by atoms with Gasteiger partial charge in [-0.2, -0.15) is 8.42 Å². The number of nitrogens with zero attached hydrogens (tertiary/aromatic N) is 3. The minimum absolute atomic E-state index is 0.0595. The van der Waals surface area contributed by atoms with E-state index in [0.717, 1.165) is 19.2 Å². The van der Waals surface area contributed by atoms with Crippen LogP contribution < -0.4 is 5.32 Å². The topological polar surface area (TPSA) is 116 Å². The molecule has 2 fully saturated rings. The molecule has 29 heavy (non-hydrogen) atoms. The molecule has 0 radical (unpaired) electrons. The minimum Gasteiger partial charge on any atom is -0.362 e. The average molecular weight is 443 g/mol. The molecule has 0 aliphatic carbocycles. The molecule has 1 unspecified atom stereocenters. The van der Waals surface area contributed by atoms with E-state index in [0.29, 0.717) is 37.3 Å². The fourth-order valence-electron chi connectivity index (χ4n) is 3.51. The summed E-state index contributed by atoms with van der Waals surface area (Å²) >= 11 is 0. The molecule has 2 aliphatic heterocycles. The zero-order chi connectivity index (χ0) is 21.2. The molecule has 1 atom stereocenters. The third-order valence-corrected chi connectivity index (χ3v) is 7.79. The van der Waals surface area contributed by atoms with Gasteiger partial charge < -0.3 is 10.2 Å². The Morgan fingerprint density at radius 2 is 1.79 bits per heavy atom. The number of nitrogens with one attached hydrogen (secondary N) is 1. The number of carbonyl (C=O) groups is 1. The van der Waals surface area contributed by atoms with Gasteiger partial charge in [-0.05, 0) is 43.5 Å². The van der Waals surface area contributed by atoms with Crippen LogP contribution in [0, 0.1) is 5.92 Å². The standard InChI is InChI=1S/C18H26N4O5S2/c1-21-11-4-6-17(21)20-29(26,27)16-9-7-15(8-10-16)19-18(23)14-5-3-12-22(13-14)28(2,24)25/h7-10,14H,3-6,11-13H2,1-2H3,(H,19,23)/b20-17+. The van der Waals surface area contributed by atoms with Crippen molar-refractivity contribution in [1.29, 1.82) is 0 Å². The van der Waals surface area contributed by atoms with Crippen LogP contribution in [-0.4, -0.2) is 70.7 Å². The molecule has 2 heterocycles. The maximum absolute atomic E-state index is 12.5. The summed E-state index contributed by atoms with van der Waals surface area (Å²) in [6.07, 6.45) is 3.88. The monoisotopic (exact) mass is 442 g/mol. The van der Waals surface area contributed by atoms with Crippen molar-refractivity contribution in [2.75, 3.05) is 38.3 Å². The molecule has 0 bridgehead atoms. The molecule has 160 valence electrons. The lowest BCUT2D eigenvalue weighted by Crippen LogP contribution is -2.43. The second kappa shape index (κ2) is 8.41. The van der Waals surface area contributed by atoms with Gasteiger partial charge in [0.25, 0.3) is 10.0 Å². The Morgan fingerprint density at radius 1 is 1.10 bits per heavy atom. The zero-order valence-electron chi connectivity index (χ0n) is 16.5. The highest BCUT2D eigenvalue weighted by molar-refractivity contribution is 7.90. The SMILES string of the molecule is CN1CCC/C1=N\S(=O)(=O)c1ccc(NC(=O)C2CCCN(S(C)(=O)=O)C2)cc1. The second-order valence-electron chi connectivity index (χ2n) is 7.48. The quantitative estimate of drug-likeness (QED) is 0.730. The van der Waals surface area contributed by atoms with E-state index in [1.54, 1.807) is 0 Å². The molecule has 11 heteroatoms. The third kappa shape index (κ3) is 5.34. The Kier molecular flexibility index (Phi) is 6.30. The van der Waals surface area contributed by atoms with E-state index in [1.807, 2.05) is 11.9 Å². The van der Waals surface area contributed by atoms with E-state index in [-0.39, 0.29) is 17.3 Å². The molecule has 1 N–H and O–H groups in total. The highest BCUT2D eigenvalue weighted by Crippen LogP contribution is 2.22. The molecule has 9 nitrogen and oxygen atoms in total. The van der Waals surface area contributed by atoms with E-state index >= 15 is 0 Å². The second-order valence-corrected chi connectivity index (χ2v) is 11.1. The van der Waals surface area contributed by atoms with Gasteiger partial charge in [-0.3, -0.25) is 4.79 Å². The van der Waals surface area contributed by atoms with E-state index < -0.39 is 26.0 Å². The van der Waals surface area contributed by atoms with Crippen LogP contribution in [-0.2, 0) is 24.8 Å². The number of hydrogen-bond acceptors (Lipinski definition) is 5. The Balaban J connectivity index is 1.67. The summed E-state index contributed by atoms with van der Waals surface area (Å²) in [6, 6.07) is 5.85. The minimum atomic E-state index is -3.81.